The molecular formula is C14H27NO. The van der Waals surface area contributed by atoms with Crippen LogP contribution in [0.2, 0.25) is 0 Å². The first kappa shape index (κ1) is 12.4. The zero-order chi connectivity index (χ0) is 11.5. The molecular weight excluding hydrogens is 198 g/mol. The number of aliphatic hydroxyl groups is 1. The molecule has 2 aliphatic rings. The highest BCUT2D eigenvalue weighted by Gasteiger charge is 2.31. The molecule has 0 aliphatic heterocycles. The summed E-state index contributed by atoms with van der Waals surface area (Å²) in [6, 6.07) is 0.665. The first-order valence-corrected chi connectivity index (χ1v) is 7.05. The summed E-state index contributed by atoms with van der Waals surface area (Å²) < 4.78 is 0. The SMILES string of the molecule is CC(C1CC1)N(C)CC(O)CC1CCCC1. The zero-order valence-corrected chi connectivity index (χ0v) is 10.9. The molecule has 2 rings (SSSR count). The van der Waals surface area contributed by atoms with Crippen molar-refractivity contribution in [2.45, 2.75) is 64.0 Å². The van der Waals surface area contributed by atoms with E-state index in [1.807, 2.05) is 0 Å². The van der Waals surface area contributed by atoms with Crippen LogP contribution in [0.15, 0.2) is 0 Å². The molecule has 94 valence electrons. The highest BCUT2D eigenvalue weighted by atomic mass is 16.3. The summed E-state index contributed by atoms with van der Waals surface area (Å²) in [7, 11) is 2.17. The second-order valence-corrected chi connectivity index (χ2v) is 6.06. The number of nitrogens with zero attached hydrogens (tertiary/aromatic N) is 1. The first-order valence-electron chi connectivity index (χ1n) is 7.05. The largest absolute Gasteiger partial charge is 0.392 e. The molecule has 2 nitrogen and oxygen atoms in total. The van der Waals surface area contributed by atoms with E-state index >= 15 is 0 Å². The molecule has 2 atom stereocenters. The maximum atomic E-state index is 10.1. The van der Waals surface area contributed by atoms with Crippen molar-refractivity contribution in [1.82, 2.24) is 4.90 Å². The Morgan fingerprint density at radius 1 is 1.19 bits per heavy atom. The molecule has 16 heavy (non-hydrogen) atoms. The minimum absolute atomic E-state index is 0.103. The average molecular weight is 225 g/mol. The lowest BCUT2D eigenvalue weighted by molar-refractivity contribution is 0.0831. The van der Waals surface area contributed by atoms with Gasteiger partial charge in [-0.3, -0.25) is 0 Å². The number of aliphatic hydroxyl groups excluding tert-OH is 1. The molecule has 2 heteroatoms. The fourth-order valence-corrected chi connectivity index (χ4v) is 3.14. The zero-order valence-electron chi connectivity index (χ0n) is 10.9. The van der Waals surface area contributed by atoms with Gasteiger partial charge in [-0.1, -0.05) is 25.7 Å². The number of hydrogen-bond donors (Lipinski definition) is 1. The topological polar surface area (TPSA) is 23.5 Å². The van der Waals surface area contributed by atoms with Crippen LogP contribution >= 0.6 is 0 Å². The third-order valence-corrected chi connectivity index (χ3v) is 4.58. The molecule has 0 spiro atoms. The van der Waals surface area contributed by atoms with Gasteiger partial charge < -0.3 is 10.0 Å². The van der Waals surface area contributed by atoms with Gasteiger partial charge >= 0.3 is 0 Å². The Morgan fingerprint density at radius 2 is 1.81 bits per heavy atom. The lowest BCUT2D eigenvalue weighted by atomic mass is 9.99. The Balaban J connectivity index is 1.66. The van der Waals surface area contributed by atoms with Crippen LogP contribution < -0.4 is 0 Å². The number of hydrogen-bond acceptors (Lipinski definition) is 2. The Kier molecular flexibility index (Phi) is 4.26. The molecule has 2 fully saturated rings. The Hall–Kier alpha value is -0.0800. The van der Waals surface area contributed by atoms with Crippen LogP contribution in [-0.2, 0) is 0 Å². The fourth-order valence-electron chi connectivity index (χ4n) is 3.14. The van der Waals surface area contributed by atoms with Gasteiger partial charge in [0, 0.05) is 12.6 Å². The third-order valence-electron chi connectivity index (χ3n) is 4.58. The molecule has 0 amide bonds. The Morgan fingerprint density at radius 3 is 2.38 bits per heavy atom. The summed E-state index contributed by atoms with van der Waals surface area (Å²) in [6.45, 7) is 3.17. The summed E-state index contributed by atoms with van der Waals surface area (Å²) >= 11 is 0. The maximum Gasteiger partial charge on any atom is 0.0669 e. The normalized spacial score (nSPS) is 26.2. The molecule has 0 heterocycles. The van der Waals surface area contributed by atoms with Gasteiger partial charge in [-0.05, 0) is 45.1 Å². The van der Waals surface area contributed by atoms with Gasteiger partial charge in [0.15, 0.2) is 0 Å². The third kappa shape index (κ3) is 3.46. The quantitative estimate of drug-likeness (QED) is 0.751. The highest BCUT2D eigenvalue weighted by Crippen LogP contribution is 2.35. The summed E-state index contributed by atoms with van der Waals surface area (Å²) in [5.41, 5.74) is 0. The van der Waals surface area contributed by atoms with Crippen LogP contribution in [0.25, 0.3) is 0 Å². The van der Waals surface area contributed by atoms with Crippen molar-refractivity contribution in [2.75, 3.05) is 13.6 Å². The van der Waals surface area contributed by atoms with Crippen LogP contribution in [0.4, 0.5) is 0 Å². The van der Waals surface area contributed by atoms with Gasteiger partial charge in [0.2, 0.25) is 0 Å². The molecule has 0 radical (unpaired) electrons. The van der Waals surface area contributed by atoms with Crippen molar-refractivity contribution in [3.05, 3.63) is 0 Å². The Labute approximate surface area is 100 Å². The van der Waals surface area contributed by atoms with E-state index in [2.05, 4.69) is 18.9 Å². The monoisotopic (exact) mass is 225 g/mol. The standard InChI is InChI=1S/C14H27NO/c1-11(13-7-8-13)15(2)10-14(16)9-12-5-3-4-6-12/h11-14,16H,3-10H2,1-2H3. The molecule has 0 bridgehead atoms. The van der Waals surface area contributed by atoms with E-state index in [-0.39, 0.29) is 6.10 Å². The van der Waals surface area contributed by atoms with E-state index in [1.54, 1.807) is 0 Å². The van der Waals surface area contributed by atoms with Crippen molar-refractivity contribution in [1.29, 1.82) is 0 Å². The van der Waals surface area contributed by atoms with Crippen LogP contribution in [0.5, 0.6) is 0 Å². The average Bonchev–Trinajstić information content (AvgIpc) is 2.97. The van der Waals surface area contributed by atoms with E-state index < -0.39 is 0 Å². The highest BCUT2D eigenvalue weighted by molar-refractivity contribution is 4.85. The van der Waals surface area contributed by atoms with Gasteiger partial charge in [0.25, 0.3) is 0 Å². The molecule has 1 N–H and O–H groups in total. The minimum Gasteiger partial charge on any atom is -0.392 e. The smallest absolute Gasteiger partial charge is 0.0669 e. The number of rotatable bonds is 6. The van der Waals surface area contributed by atoms with Gasteiger partial charge in [-0.2, -0.15) is 0 Å². The minimum atomic E-state index is -0.103. The Bertz CT molecular complexity index is 209. The van der Waals surface area contributed by atoms with Gasteiger partial charge in [-0.25, -0.2) is 0 Å². The van der Waals surface area contributed by atoms with Crippen molar-refractivity contribution < 1.29 is 5.11 Å². The van der Waals surface area contributed by atoms with Crippen molar-refractivity contribution in [3.8, 4) is 0 Å². The summed E-state index contributed by atoms with van der Waals surface area (Å²) in [4.78, 5) is 2.36. The van der Waals surface area contributed by atoms with Crippen LogP contribution in [0.3, 0.4) is 0 Å². The van der Waals surface area contributed by atoms with E-state index in [9.17, 15) is 5.11 Å². The lowest BCUT2D eigenvalue weighted by Gasteiger charge is -2.28. The second kappa shape index (κ2) is 5.50. The van der Waals surface area contributed by atoms with Crippen molar-refractivity contribution in [2.24, 2.45) is 11.8 Å². The van der Waals surface area contributed by atoms with E-state index in [4.69, 9.17) is 0 Å². The van der Waals surface area contributed by atoms with Crippen LogP contribution in [0, 0.1) is 11.8 Å². The molecule has 0 saturated heterocycles. The molecule has 2 aliphatic carbocycles. The van der Waals surface area contributed by atoms with E-state index in [0.29, 0.717) is 6.04 Å². The maximum absolute atomic E-state index is 10.1. The van der Waals surface area contributed by atoms with Crippen molar-refractivity contribution >= 4 is 0 Å². The van der Waals surface area contributed by atoms with Gasteiger partial charge in [0.1, 0.15) is 0 Å². The van der Waals surface area contributed by atoms with Gasteiger partial charge in [0.05, 0.1) is 6.10 Å². The van der Waals surface area contributed by atoms with E-state index in [1.165, 1.54) is 38.5 Å². The van der Waals surface area contributed by atoms with Gasteiger partial charge in [-0.15, -0.1) is 0 Å². The van der Waals surface area contributed by atoms with Crippen LogP contribution in [0.1, 0.15) is 51.9 Å². The second-order valence-electron chi connectivity index (χ2n) is 6.06. The fraction of sp³-hybridized carbons (Fsp3) is 1.00. The summed E-state index contributed by atoms with van der Waals surface area (Å²) in [6.07, 6.45) is 9.17. The van der Waals surface area contributed by atoms with E-state index in [0.717, 1.165) is 24.8 Å². The predicted molar refractivity (Wildman–Crippen MR) is 67.4 cm³/mol. The van der Waals surface area contributed by atoms with Crippen molar-refractivity contribution in [3.63, 3.8) is 0 Å². The summed E-state index contributed by atoms with van der Waals surface area (Å²) in [5.74, 6) is 1.71. The molecule has 0 aromatic heterocycles. The molecule has 2 saturated carbocycles. The first-order chi connectivity index (χ1) is 7.66. The molecule has 2 unspecified atom stereocenters. The predicted octanol–water partition coefficient (Wildman–Crippen LogP) is 2.66. The molecule has 0 aromatic rings. The van der Waals surface area contributed by atoms with Crippen LogP contribution in [-0.4, -0.2) is 35.7 Å². The molecule has 0 aromatic carbocycles. The number of likely N-dealkylation sites (N-methyl/N-ethyl adjacent to an activating group) is 1. The summed E-state index contributed by atoms with van der Waals surface area (Å²) in [5, 5.41) is 10.1. The lowest BCUT2D eigenvalue weighted by Crippen LogP contribution is -2.37.